The summed E-state index contributed by atoms with van der Waals surface area (Å²) in [5.74, 6) is 1.67. The van der Waals surface area contributed by atoms with Crippen molar-refractivity contribution < 1.29 is 4.74 Å². The Hall–Kier alpha value is -2.07. The molecule has 1 aromatic carbocycles. The number of nitrogens with zero attached hydrogens (tertiary/aromatic N) is 2. The molecule has 2 aromatic rings. The number of likely N-dealkylation sites (N-methyl/N-ethyl adjacent to an activating group) is 1. The van der Waals surface area contributed by atoms with Crippen LogP contribution >= 0.6 is 0 Å². The number of hydrogen-bond acceptors (Lipinski definition) is 4. The Labute approximate surface area is 113 Å². The lowest BCUT2D eigenvalue weighted by Crippen LogP contribution is -2.25. The van der Waals surface area contributed by atoms with Gasteiger partial charge in [-0.15, -0.1) is 0 Å². The summed E-state index contributed by atoms with van der Waals surface area (Å²) in [5, 5.41) is 0. The van der Waals surface area contributed by atoms with E-state index >= 15 is 0 Å². The van der Waals surface area contributed by atoms with Gasteiger partial charge < -0.3 is 15.4 Å². The standard InChI is InChI=1S/C15H19N3O/c1-18(10-9-16)15-8-7-14(11-17-15)19-12-13-5-3-2-4-6-13/h2-8,11H,9-10,12,16H2,1H3. The molecular weight excluding hydrogens is 238 g/mol. The third-order valence-electron chi connectivity index (χ3n) is 2.82. The van der Waals surface area contributed by atoms with Crippen molar-refractivity contribution in [1.29, 1.82) is 0 Å². The molecule has 0 amide bonds. The predicted octanol–water partition coefficient (Wildman–Crippen LogP) is 2.06. The van der Waals surface area contributed by atoms with Gasteiger partial charge in [-0.25, -0.2) is 4.98 Å². The van der Waals surface area contributed by atoms with Crippen molar-refractivity contribution in [3.63, 3.8) is 0 Å². The number of anilines is 1. The summed E-state index contributed by atoms with van der Waals surface area (Å²) >= 11 is 0. The van der Waals surface area contributed by atoms with Crippen molar-refractivity contribution in [1.82, 2.24) is 4.98 Å². The van der Waals surface area contributed by atoms with Gasteiger partial charge in [0.2, 0.25) is 0 Å². The van der Waals surface area contributed by atoms with E-state index in [9.17, 15) is 0 Å². The molecule has 0 aliphatic heterocycles. The van der Waals surface area contributed by atoms with Gasteiger partial charge in [-0.3, -0.25) is 0 Å². The maximum absolute atomic E-state index is 5.68. The molecule has 19 heavy (non-hydrogen) atoms. The van der Waals surface area contributed by atoms with E-state index in [2.05, 4.69) is 4.98 Å². The second kappa shape index (κ2) is 6.75. The van der Waals surface area contributed by atoms with Gasteiger partial charge in [0.1, 0.15) is 18.2 Å². The molecule has 4 nitrogen and oxygen atoms in total. The predicted molar refractivity (Wildman–Crippen MR) is 77.3 cm³/mol. The lowest BCUT2D eigenvalue weighted by atomic mass is 10.2. The van der Waals surface area contributed by atoms with Crippen LogP contribution in [-0.2, 0) is 6.61 Å². The molecule has 1 aromatic heterocycles. The average molecular weight is 257 g/mol. The van der Waals surface area contributed by atoms with Crippen LogP contribution in [0.15, 0.2) is 48.7 Å². The van der Waals surface area contributed by atoms with Gasteiger partial charge in [0.25, 0.3) is 0 Å². The van der Waals surface area contributed by atoms with Gasteiger partial charge in [0, 0.05) is 20.1 Å². The summed E-state index contributed by atoms with van der Waals surface area (Å²) in [5.41, 5.74) is 6.66. The smallest absolute Gasteiger partial charge is 0.138 e. The van der Waals surface area contributed by atoms with Gasteiger partial charge in [-0.2, -0.15) is 0 Å². The van der Waals surface area contributed by atoms with Crippen LogP contribution in [0.4, 0.5) is 5.82 Å². The zero-order chi connectivity index (χ0) is 13.5. The van der Waals surface area contributed by atoms with Gasteiger partial charge in [0.05, 0.1) is 6.20 Å². The van der Waals surface area contributed by atoms with Crippen LogP contribution in [0.5, 0.6) is 5.75 Å². The number of pyridine rings is 1. The Balaban J connectivity index is 1.92. The van der Waals surface area contributed by atoms with Crippen LogP contribution in [0.1, 0.15) is 5.56 Å². The third kappa shape index (κ3) is 3.96. The highest BCUT2D eigenvalue weighted by Gasteiger charge is 2.02. The molecule has 1 heterocycles. The second-order valence-electron chi connectivity index (χ2n) is 4.34. The minimum Gasteiger partial charge on any atom is -0.487 e. The fraction of sp³-hybridized carbons (Fsp3) is 0.267. The van der Waals surface area contributed by atoms with E-state index in [1.54, 1.807) is 6.20 Å². The minimum atomic E-state index is 0.556. The minimum absolute atomic E-state index is 0.556. The summed E-state index contributed by atoms with van der Waals surface area (Å²) in [6, 6.07) is 13.9. The molecular formula is C15H19N3O. The zero-order valence-electron chi connectivity index (χ0n) is 11.1. The molecule has 0 atom stereocenters. The Bertz CT molecular complexity index is 485. The fourth-order valence-corrected chi connectivity index (χ4v) is 1.73. The summed E-state index contributed by atoms with van der Waals surface area (Å²) < 4.78 is 5.68. The van der Waals surface area contributed by atoms with Crippen molar-refractivity contribution in [3.05, 3.63) is 54.2 Å². The van der Waals surface area contributed by atoms with Crippen LogP contribution in [0.2, 0.25) is 0 Å². The molecule has 4 heteroatoms. The Morgan fingerprint density at radius 3 is 2.58 bits per heavy atom. The second-order valence-corrected chi connectivity index (χ2v) is 4.34. The summed E-state index contributed by atoms with van der Waals surface area (Å²) in [7, 11) is 1.97. The average Bonchev–Trinajstić information content (AvgIpc) is 2.47. The van der Waals surface area contributed by atoms with Crippen LogP contribution in [0.25, 0.3) is 0 Å². The van der Waals surface area contributed by atoms with E-state index in [4.69, 9.17) is 10.5 Å². The molecule has 0 spiro atoms. The molecule has 0 aliphatic rings. The molecule has 0 aliphatic carbocycles. The number of aromatic nitrogens is 1. The molecule has 0 radical (unpaired) electrons. The highest BCUT2D eigenvalue weighted by molar-refractivity contribution is 5.39. The first-order chi connectivity index (χ1) is 9.29. The molecule has 0 saturated heterocycles. The summed E-state index contributed by atoms with van der Waals surface area (Å²) in [6.45, 7) is 1.96. The quantitative estimate of drug-likeness (QED) is 0.860. The van der Waals surface area contributed by atoms with Gasteiger partial charge >= 0.3 is 0 Å². The molecule has 100 valence electrons. The van der Waals surface area contributed by atoms with Crippen LogP contribution < -0.4 is 15.4 Å². The lowest BCUT2D eigenvalue weighted by molar-refractivity contribution is 0.305. The number of rotatable bonds is 6. The normalized spacial score (nSPS) is 10.2. The van der Waals surface area contributed by atoms with E-state index in [1.807, 2.05) is 54.4 Å². The first-order valence-corrected chi connectivity index (χ1v) is 6.33. The van der Waals surface area contributed by atoms with Crippen LogP contribution in [0.3, 0.4) is 0 Å². The Morgan fingerprint density at radius 2 is 1.95 bits per heavy atom. The van der Waals surface area contributed by atoms with Gasteiger partial charge in [-0.1, -0.05) is 30.3 Å². The first kappa shape index (κ1) is 13.4. The Morgan fingerprint density at radius 1 is 1.16 bits per heavy atom. The van der Waals surface area contributed by atoms with Crippen molar-refractivity contribution in [2.75, 3.05) is 25.0 Å². The number of hydrogen-bond donors (Lipinski definition) is 1. The van der Waals surface area contributed by atoms with E-state index < -0.39 is 0 Å². The molecule has 0 fully saturated rings. The number of benzene rings is 1. The van der Waals surface area contributed by atoms with E-state index in [-0.39, 0.29) is 0 Å². The SMILES string of the molecule is CN(CCN)c1ccc(OCc2ccccc2)cn1. The Kier molecular flexibility index (Phi) is 4.75. The maximum atomic E-state index is 5.68. The molecule has 0 unspecified atom stereocenters. The maximum Gasteiger partial charge on any atom is 0.138 e. The lowest BCUT2D eigenvalue weighted by Gasteiger charge is -2.17. The number of ether oxygens (including phenoxy) is 1. The molecule has 0 saturated carbocycles. The first-order valence-electron chi connectivity index (χ1n) is 6.33. The highest BCUT2D eigenvalue weighted by Crippen LogP contribution is 2.15. The summed E-state index contributed by atoms with van der Waals surface area (Å²) in [4.78, 5) is 6.37. The van der Waals surface area contributed by atoms with E-state index in [0.29, 0.717) is 13.2 Å². The topological polar surface area (TPSA) is 51.4 Å². The molecule has 0 bridgehead atoms. The van der Waals surface area contributed by atoms with E-state index in [0.717, 1.165) is 23.7 Å². The van der Waals surface area contributed by atoms with Crippen LogP contribution in [-0.4, -0.2) is 25.1 Å². The van der Waals surface area contributed by atoms with Crippen molar-refractivity contribution in [2.45, 2.75) is 6.61 Å². The molecule has 2 N–H and O–H groups in total. The van der Waals surface area contributed by atoms with Gasteiger partial charge in [0.15, 0.2) is 0 Å². The number of nitrogens with two attached hydrogens (primary N) is 1. The summed E-state index contributed by atoms with van der Waals surface area (Å²) in [6.07, 6.45) is 1.74. The highest BCUT2D eigenvalue weighted by atomic mass is 16.5. The third-order valence-corrected chi connectivity index (χ3v) is 2.82. The fourth-order valence-electron chi connectivity index (χ4n) is 1.73. The zero-order valence-corrected chi connectivity index (χ0v) is 11.1. The monoisotopic (exact) mass is 257 g/mol. The van der Waals surface area contributed by atoms with Crippen molar-refractivity contribution >= 4 is 5.82 Å². The molecule has 2 rings (SSSR count). The van der Waals surface area contributed by atoms with Crippen molar-refractivity contribution in [2.24, 2.45) is 5.73 Å². The van der Waals surface area contributed by atoms with E-state index in [1.165, 1.54) is 0 Å². The van der Waals surface area contributed by atoms with Crippen molar-refractivity contribution in [3.8, 4) is 5.75 Å². The largest absolute Gasteiger partial charge is 0.487 e. The van der Waals surface area contributed by atoms with Crippen LogP contribution in [0, 0.1) is 0 Å². The van der Waals surface area contributed by atoms with Gasteiger partial charge in [-0.05, 0) is 17.7 Å².